The van der Waals surface area contributed by atoms with Gasteiger partial charge in [0.25, 0.3) is 0 Å². The van der Waals surface area contributed by atoms with Crippen molar-refractivity contribution < 1.29 is 4.74 Å². The Balaban J connectivity index is 1.83. The lowest BCUT2D eigenvalue weighted by Crippen LogP contribution is -2.32. The first-order valence-electron chi connectivity index (χ1n) is 7.48. The Bertz CT molecular complexity index is 637. The lowest BCUT2D eigenvalue weighted by atomic mass is 9.96. The standard InChI is InChI=1S/C15H23N5O/c1-14(2,3)13-18-17-12-7-6-11(19-20(12)13)16-10-15(4)8-5-9-21-15/h6-7H,5,8-10H2,1-4H3,(H,16,19). The Morgan fingerprint density at radius 2 is 2.14 bits per heavy atom. The summed E-state index contributed by atoms with van der Waals surface area (Å²) in [6.07, 6.45) is 2.21. The van der Waals surface area contributed by atoms with E-state index in [-0.39, 0.29) is 11.0 Å². The summed E-state index contributed by atoms with van der Waals surface area (Å²) in [6.45, 7) is 10.1. The molecule has 3 heterocycles. The van der Waals surface area contributed by atoms with Gasteiger partial charge >= 0.3 is 0 Å². The molecule has 1 aliphatic heterocycles. The quantitative estimate of drug-likeness (QED) is 0.940. The van der Waals surface area contributed by atoms with Gasteiger partial charge in [-0.05, 0) is 31.9 Å². The van der Waals surface area contributed by atoms with Crippen molar-refractivity contribution in [1.29, 1.82) is 0 Å². The van der Waals surface area contributed by atoms with Crippen molar-refractivity contribution in [3.63, 3.8) is 0 Å². The molecule has 3 rings (SSSR count). The lowest BCUT2D eigenvalue weighted by Gasteiger charge is -2.23. The van der Waals surface area contributed by atoms with Crippen molar-refractivity contribution in [2.75, 3.05) is 18.5 Å². The third kappa shape index (κ3) is 2.85. The minimum atomic E-state index is -0.0917. The number of fused-ring (bicyclic) bond motifs is 1. The van der Waals surface area contributed by atoms with Crippen LogP contribution in [-0.2, 0) is 10.2 Å². The van der Waals surface area contributed by atoms with E-state index >= 15 is 0 Å². The molecule has 6 nitrogen and oxygen atoms in total. The summed E-state index contributed by atoms with van der Waals surface area (Å²) in [5.41, 5.74) is 0.594. The van der Waals surface area contributed by atoms with Crippen LogP contribution in [0.1, 0.15) is 46.4 Å². The third-order valence-corrected chi connectivity index (χ3v) is 3.88. The van der Waals surface area contributed by atoms with Crippen LogP contribution in [-0.4, -0.2) is 38.6 Å². The fourth-order valence-corrected chi connectivity index (χ4v) is 2.60. The fraction of sp³-hybridized carbons (Fsp3) is 0.667. The molecule has 1 N–H and O–H groups in total. The second kappa shape index (κ2) is 4.94. The topological polar surface area (TPSA) is 64.3 Å². The number of rotatable bonds is 3. The van der Waals surface area contributed by atoms with E-state index in [4.69, 9.17) is 4.74 Å². The number of ether oxygens (including phenoxy) is 1. The third-order valence-electron chi connectivity index (χ3n) is 3.88. The van der Waals surface area contributed by atoms with E-state index < -0.39 is 0 Å². The van der Waals surface area contributed by atoms with Crippen molar-refractivity contribution in [2.24, 2.45) is 0 Å². The second-order valence-corrected chi connectivity index (χ2v) is 7.02. The highest BCUT2D eigenvalue weighted by Gasteiger charge is 2.29. The zero-order chi connectivity index (χ0) is 15.1. The maximum absolute atomic E-state index is 5.79. The molecule has 0 amide bonds. The number of anilines is 1. The van der Waals surface area contributed by atoms with Crippen LogP contribution in [0.3, 0.4) is 0 Å². The molecule has 21 heavy (non-hydrogen) atoms. The van der Waals surface area contributed by atoms with Gasteiger partial charge in [0.05, 0.1) is 5.60 Å². The molecule has 114 valence electrons. The van der Waals surface area contributed by atoms with E-state index in [0.29, 0.717) is 0 Å². The van der Waals surface area contributed by atoms with Crippen LogP contribution in [0.5, 0.6) is 0 Å². The fourth-order valence-electron chi connectivity index (χ4n) is 2.60. The molecule has 0 aliphatic carbocycles. The largest absolute Gasteiger partial charge is 0.373 e. The summed E-state index contributed by atoms with van der Waals surface area (Å²) in [4.78, 5) is 0. The van der Waals surface area contributed by atoms with Crippen molar-refractivity contribution in [3.8, 4) is 0 Å². The van der Waals surface area contributed by atoms with E-state index in [1.807, 2.05) is 16.6 Å². The number of hydrogen-bond acceptors (Lipinski definition) is 5. The van der Waals surface area contributed by atoms with Crippen LogP contribution in [0.4, 0.5) is 5.82 Å². The normalized spacial score (nSPS) is 22.9. The van der Waals surface area contributed by atoms with E-state index in [2.05, 4.69) is 48.3 Å². The van der Waals surface area contributed by atoms with Gasteiger partial charge in [-0.1, -0.05) is 20.8 Å². The van der Waals surface area contributed by atoms with E-state index in [0.717, 1.165) is 43.3 Å². The molecular formula is C15H23N5O. The second-order valence-electron chi connectivity index (χ2n) is 7.02. The number of nitrogens with zero attached hydrogens (tertiary/aromatic N) is 4. The van der Waals surface area contributed by atoms with Gasteiger partial charge in [-0.2, -0.15) is 4.52 Å². The Hall–Kier alpha value is -1.69. The van der Waals surface area contributed by atoms with E-state index in [9.17, 15) is 0 Å². The molecule has 2 aromatic rings. The molecule has 1 unspecified atom stereocenters. The molecular weight excluding hydrogens is 266 g/mol. The Kier molecular flexibility index (Phi) is 3.36. The molecule has 0 bridgehead atoms. The minimum absolute atomic E-state index is 0.0866. The average Bonchev–Trinajstić information content (AvgIpc) is 3.02. The molecule has 1 aliphatic rings. The molecule has 0 radical (unpaired) electrons. The predicted molar refractivity (Wildman–Crippen MR) is 81.6 cm³/mol. The molecule has 1 fully saturated rings. The number of nitrogens with one attached hydrogen (secondary N) is 1. The summed E-state index contributed by atoms with van der Waals surface area (Å²) >= 11 is 0. The van der Waals surface area contributed by atoms with Gasteiger partial charge in [0, 0.05) is 18.6 Å². The molecule has 6 heteroatoms. The van der Waals surface area contributed by atoms with Crippen LogP contribution >= 0.6 is 0 Å². The van der Waals surface area contributed by atoms with Crippen LogP contribution in [0.25, 0.3) is 5.65 Å². The molecule has 1 atom stereocenters. The highest BCUT2D eigenvalue weighted by atomic mass is 16.5. The zero-order valence-electron chi connectivity index (χ0n) is 13.2. The molecule has 0 saturated carbocycles. The summed E-state index contributed by atoms with van der Waals surface area (Å²) in [5, 5.41) is 16.4. The minimum Gasteiger partial charge on any atom is -0.373 e. The highest BCUT2D eigenvalue weighted by molar-refractivity contribution is 5.44. The van der Waals surface area contributed by atoms with Gasteiger partial charge in [0.1, 0.15) is 5.82 Å². The Labute approximate surface area is 124 Å². The molecule has 2 aromatic heterocycles. The van der Waals surface area contributed by atoms with Gasteiger partial charge in [-0.15, -0.1) is 15.3 Å². The first kappa shape index (κ1) is 14.3. The van der Waals surface area contributed by atoms with E-state index in [1.165, 1.54) is 0 Å². The highest BCUT2D eigenvalue weighted by Crippen LogP contribution is 2.25. The predicted octanol–water partition coefficient (Wildman–Crippen LogP) is 2.40. The van der Waals surface area contributed by atoms with Crippen LogP contribution in [0, 0.1) is 0 Å². The Morgan fingerprint density at radius 1 is 1.33 bits per heavy atom. The Morgan fingerprint density at radius 3 is 2.81 bits per heavy atom. The molecule has 0 aromatic carbocycles. The lowest BCUT2D eigenvalue weighted by molar-refractivity contribution is 0.0314. The maximum atomic E-state index is 5.79. The van der Waals surface area contributed by atoms with E-state index in [1.54, 1.807) is 0 Å². The van der Waals surface area contributed by atoms with Crippen molar-refractivity contribution >= 4 is 11.5 Å². The van der Waals surface area contributed by atoms with Crippen LogP contribution in [0.15, 0.2) is 12.1 Å². The molecule has 0 spiro atoms. The number of hydrogen-bond donors (Lipinski definition) is 1. The SMILES string of the molecule is CC1(CNc2ccc3nnc(C(C)(C)C)n3n2)CCCO1. The van der Waals surface area contributed by atoms with Crippen molar-refractivity contribution in [2.45, 2.75) is 51.6 Å². The average molecular weight is 289 g/mol. The summed E-state index contributed by atoms with van der Waals surface area (Å²) in [6, 6.07) is 3.88. The first-order chi connectivity index (χ1) is 9.87. The van der Waals surface area contributed by atoms with Gasteiger partial charge < -0.3 is 10.1 Å². The van der Waals surface area contributed by atoms with Gasteiger partial charge in [-0.3, -0.25) is 0 Å². The van der Waals surface area contributed by atoms with Crippen molar-refractivity contribution in [1.82, 2.24) is 19.8 Å². The smallest absolute Gasteiger partial charge is 0.178 e. The summed E-state index contributed by atoms with van der Waals surface area (Å²) in [7, 11) is 0. The van der Waals surface area contributed by atoms with Crippen LogP contribution in [0.2, 0.25) is 0 Å². The first-order valence-corrected chi connectivity index (χ1v) is 7.48. The van der Waals surface area contributed by atoms with Crippen molar-refractivity contribution in [3.05, 3.63) is 18.0 Å². The van der Waals surface area contributed by atoms with Gasteiger partial charge in [0.2, 0.25) is 0 Å². The van der Waals surface area contributed by atoms with Crippen LogP contribution < -0.4 is 5.32 Å². The summed E-state index contributed by atoms with van der Waals surface area (Å²) < 4.78 is 7.61. The maximum Gasteiger partial charge on any atom is 0.178 e. The monoisotopic (exact) mass is 289 g/mol. The molecule has 1 saturated heterocycles. The zero-order valence-corrected chi connectivity index (χ0v) is 13.2. The van der Waals surface area contributed by atoms with Gasteiger partial charge in [-0.25, -0.2) is 0 Å². The summed E-state index contributed by atoms with van der Waals surface area (Å²) in [5.74, 6) is 1.69. The van der Waals surface area contributed by atoms with Gasteiger partial charge in [0.15, 0.2) is 11.5 Å². The number of aromatic nitrogens is 4.